The molecule has 3 aromatic carbocycles. The maximum Gasteiger partial charge on any atom is 0.338 e. The molecule has 1 heterocycles. The highest BCUT2D eigenvalue weighted by Gasteiger charge is 2.40. The van der Waals surface area contributed by atoms with Gasteiger partial charge in [-0.3, -0.25) is 14.5 Å². The van der Waals surface area contributed by atoms with Crippen molar-refractivity contribution in [3.05, 3.63) is 106 Å². The number of thioether (sulfide) groups is 1. The molecule has 1 saturated heterocycles. The molecule has 0 aliphatic carbocycles. The molecular formula is C32H31N3O4S. The molecule has 2 amide bonds. The number of benzene rings is 3. The van der Waals surface area contributed by atoms with Crippen molar-refractivity contribution in [3.63, 3.8) is 0 Å². The van der Waals surface area contributed by atoms with Crippen LogP contribution in [0.4, 0.5) is 11.4 Å². The van der Waals surface area contributed by atoms with Crippen LogP contribution in [0.3, 0.4) is 0 Å². The van der Waals surface area contributed by atoms with Crippen molar-refractivity contribution in [2.75, 3.05) is 16.8 Å². The smallest absolute Gasteiger partial charge is 0.338 e. The number of carbonyl (C=O) groups excluding carboxylic acids is 3. The van der Waals surface area contributed by atoms with Crippen LogP contribution in [0.25, 0.3) is 0 Å². The van der Waals surface area contributed by atoms with E-state index in [1.807, 2.05) is 36.4 Å². The first-order valence-corrected chi connectivity index (χ1v) is 14.2. The van der Waals surface area contributed by atoms with Crippen LogP contribution in [0, 0.1) is 11.3 Å². The van der Waals surface area contributed by atoms with E-state index in [0.29, 0.717) is 28.4 Å². The van der Waals surface area contributed by atoms with Crippen LogP contribution in [-0.4, -0.2) is 29.6 Å². The minimum absolute atomic E-state index is 0.127. The molecule has 4 rings (SSSR count). The largest absolute Gasteiger partial charge is 0.462 e. The standard InChI is InChI=1S/C32H31N3O4S/c1-3-5-9-22-14-18-25(19-15-22)34-29(36)27(21-33)31-35(26-10-7-6-8-11-26)30(37)28(40-31)20-23-12-16-24(17-13-23)32(38)39-4-2/h6-8,10-19,28H,3-5,9,20H2,1-2H3,(H,34,36)/b31-27-/t28-/m1/s1. The monoisotopic (exact) mass is 553 g/mol. The third-order valence-corrected chi connectivity index (χ3v) is 7.70. The predicted octanol–water partition coefficient (Wildman–Crippen LogP) is 6.27. The highest BCUT2D eigenvalue weighted by atomic mass is 32.2. The Balaban J connectivity index is 1.60. The van der Waals surface area contributed by atoms with Gasteiger partial charge in [0.1, 0.15) is 16.7 Å². The number of anilines is 2. The summed E-state index contributed by atoms with van der Waals surface area (Å²) in [4.78, 5) is 40.4. The van der Waals surface area contributed by atoms with E-state index in [9.17, 15) is 19.6 Å². The quantitative estimate of drug-likeness (QED) is 0.180. The fourth-order valence-electron chi connectivity index (χ4n) is 4.33. The lowest BCUT2D eigenvalue weighted by molar-refractivity contribution is -0.117. The van der Waals surface area contributed by atoms with Gasteiger partial charge in [-0.25, -0.2) is 4.79 Å². The number of nitrogens with one attached hydrogen (secondary N) is 1. The topological polar surface area (TPSA) is 99.5 Å². The molecule has 1 N–H and O–H groups in total. The second kappa shape index (κ2) is 13.6. The van der Waals surface area contributed by atoms with Gasteiger partial charge in [0.2, 0.25) is 5.91 Å². The Labute approximate surface area is 238 Å². The molecule has 1 aliphatic rings. The second-order valence-electron chi connectivity index (χ2n) is 9.28. The number of rotatable bonds is 10. The van der Waals surface area contributed by atoms with E-state index in [1.165, 1.54) is 22.2 Å². The lowest BCUT2D eigenvalue weighted by Gasteiger charge is -2.18. The average molecular weight is 554 g/mol. The SMILES string of the molecule is CCCCc1ccc(NC(=O)/C(C#N)=C2\S[C@H](Cc3ccc(C(=O)OCC)cc3)C(=O)N2c2ccccc2)cc1. The van der Waals surface area contributed by atoms with E-state index < -0.39 is 17.1 Å². The number of amides is 2. The summed E-state index contributed by atoms with van der Waals surface area (Å²) in [6.45, 7) is 4.18. The maximum atomic E-state index is 13.7. The van der Waals surface area contributed by atoms with E-state index in [4.69, 9.17) is 4.74 Å². The summed E-state index contributed by atoms with van der Waals surface area (Å²) >= 11 is 1.20. The summed E-state index contributed by atoms with van der Waals surface area (Å²) in [5.41, 5.74) is 3.50. The van der Waals surface area contributed by atoms with Crippen LogP contribution >= 0.6 is 11.8 Å². The Morgan fingerprint density at radius 1 is 0.975 bits per heavy atom. The Hall–Kier alpha value is -4.35. The zero-order chi connectivity index (χ0) is 28.5. The fourth-order valence-corrected chi connectivity index (χ4v) is 5.64. The van der Waals surface area contributed by atoms with Gasteiger partial charge in [0, 0.05) is 11.4 Å². The zero-order valence-electron chi connectivity index (χ0n) is 22.6. The Morgan fingerprint density at radius 2 is 1.65 bits per heavy atom. The molecule has 3 aromatic rings. The van der Waals surface area contributed by atoms with Crippen molar-refractivity contribution in [1.82, 2.24) is 0 Å². The number of hydrogen-bond acceptors (Lipinski definition) is 6. The van der Waals surface area contributed by atoms with Crippen LogP contribution < -0.4 is 10.2 Å². The predicted molar refractivity (Wildman–Crippen MR) is 158 cm³/mol. The number of esters is 1. The lowest BCUT2D eigenvalue weighted by Crippen LogP contribution is -2.30. The van der Waals surface area contributed by atoms with Gasteiger partial charge in [-0.2, -0.15) is 5.26 Å². The minimum Gasteiger partial charge on any atom is -0.462 e. The number of nitrogens with zero attached hydrogens (tertiary/aromatic N) is 2. The van der Waals surface area contributed by atoms with Crippen molar-refractivity contribution in [2.45, 2.75) is 44.8 Å². The molecule has 1 aliphatic heterocycles. The molecule has 204 valence electrons. The number of unbranched alkanes of at least 4 members (excludes halogenated alkanes) is 1. The van der Waals surface area contributed by atoms with Crippen LogP contribution in [-0.2, 0) is 27.2 Å². The molecule has 8 heteroatoms. The number of hydrogen-bond donors (Lipinski definition) is 1. The molecule has 40 heavy (non-hydrogen) atoms. The van der Waals surface area contributed by atoms with Crippen molar-refractivity contribution in [1.29, 1.82) is 5.26 Å². The molecule has 0 unspecified atom stereocenters. The number of para-hydroxylation sites is 1. The van der Waals surface area contributed by atoms with Crippen molar-refractivity contribution in [3.8, 4) is 6.07 Å². The maximum absolute atomic E-state index is 13.7. The third kappa shape index (κ3) is 6.80. The molecule has 0 spiro atoms. The second-order valence-corrected chi connectivity index (χ2v) is 10.5. The van der Waals surface area contributed by atoms with Crippen molar-refractivity contribution in [2.24, 2.45) is 0 Å². The van der Waals surface area contributed by atoms with E-state index in [-0.39, 0.29) is 18.1 Å². The lowest BCUT2D eigenvalue weighted by atomic mass is 10.1. The van der Waals surface area contributed by atoms with Gasteiger partial charge in [-0.05, 0) is 73.7 Å². The first kappa shape index (κ1) is 28.7. The van der Waals surface area contributed by atoms with Crippen LogP contribution in [0.1, 0.15) is 48.2 Å². The number of carbonyl (C=O) groups is 3. The van der Waals surface area contributed by atoms with Crippen molar-refractivity contribution < 1.29 is 19.1 Å². The molecule has 0 saturated carbocycles. The Bertz CT molecular complexity index is 1430. The molecule has 0 aromatic heterocycles. The Kier molecular flexibility index (Phi) is 9.76. The Morgan fingerprint density at radius 3 is 2.27 bits per heavy atom. The normalized spacial score (nSPS) is 15.9. The minimum atomic E-state index is -0.570. The van der Waals surface area contributed by atoms with E-state index in [0.717, 1.165) is 24.8 Å². The van der Waals surface area contributed by atoms with Gasteiger partial charge in [-0.1, -0.05) is 67.6 Å². The summed E-state index contributed by atoms with van der Waals surface area (Å²) in [6, 6.07) is 25.6. The van der Waals surface area contributed by atoms with Gasteiger partial charge in [0.25, 0.3) is 5.91 Å². The summed E-state index contributed by atoms with van der Waals surface area (Å²) in [6.07, 6.45) is 3.52. The number of nitriles is 1. The number of aryl methyl sites for hydroxylation is 1. The van der Waals surface area contributed by atoms with Crippen LogP contribution in [0.15, 0.2) is 89.5 Å². The third-order valence-electron chi connectivity index (χ3n) is 6.44. The van der Waals surface area contributed by atoms with E-state index in [1.54, 1.807) is 55.5 Å². The van der Waals surface area contributed by atoms with Crippen molar-refractivity contribution >= 4 is 40.9 Å². The van der Waals surface area contributed by atoms with Gasteiger partial charge >= 0.3 is 5.97 Å². The summed E-state index contributed by atoms with van der Waals surface area (Å²) in [7, 11) is 0. The van der Waals surface area contributed by atoms with Crippen LogP contribution in [0.5, 0.6) is 0 Å². The highest BCUT2D eigenvalue weighted by Crippen LogP contribution is 2.42. The van der Waals surface area contributed by atoms with Gasteiger partial charge in [-0.15, -0.1) is 0 Å². The summed E-state index contributed by atoms with van der Waals surface area (Å²) < 4.78 is 5.04. The van der Waals surface area contributed by atoms with E-state index in [2.05, 4.69) is 12.2 Å². The molecular weight excluding hydrogens is 522 g/mol. The molecule has 0 radical (unpaired) electrons. The van der Waals surface area contributed by atoms with Gasteiger partial charge in [0.05, 0.1) is 17.4 Å². The summed E-state index contributed by atoms with van der Waals surface area (Å²) in [5, 5.41) is 12.6. The van der Waals surface area contributed by atoms with Crippen LogP contribution in [0.2, 0.25) is 0 Å². The van der Waals surface area contributed by atoms with Gasteiger partial charge in [0.15, 0.2) is 0 Å². The molecule has 1 fully saturated rings. The van der Waals surface area contributed by atoms with Gasteiger partial charge < -0.3 is 10.1 Å². The zero-order valence-corrected chi connectivity index (χ0v) is 23.4. The van der Waals surface area contributed by atoms with E-state index >= 15 is 0 Å². The highest BCUT2D eigenvalue weighted by molar-refractivity contribution is 8.05. The first-order valence-electron chi connectivity index (χ1n) is 13.3. The number of ether oxygens (including phenoxy) is 1. The average Bonchev–Trinajstić information content (AvgIpc) is 3.28. The fraction of sp³-hybridized carbons (Fsp3) is 0.250. The summed E-state index contributed by atoms with van der Waals surface area (Å²) in [5.74, 6) is -1.19. The molecule has 1 atom stereocenters. The molecule has 7 nitrogen and oxygen atoms in total. The molecule has 0 bridgehead atoms. The first-order chi connectivity index (χ1) is 19.4.